The third-order valence-corrected chi connectivity index (χ3v) is 6.53. The van der Waals surface area contributed by atoms with Crippen molar-refractivity contribution in [1.29, 1.82) is 0 Å². The fourth-order valence-electron chi connectivity index (χ4n) is 4.35. The Hall–Kier alpha value is -1.71. The van der Waals surface area contributed by atoms with Crippen LogP contribution in [-0.2, 0) is 11.2 Å². The first-order valence-electron chi connectivity index (χ1n) is 13.9. The highest BCUT2D eigenvalue weighted by atomic mass is 16.3. The lowest BCUT2D eigenvalue weighted by molar-refractivity contribution is -0.121. The first-order valence-corrected chi connectivity index (χ1v) is 13.9. The zero-order valence-corrected chi connectivity index (χ0v) is 21.4. The average molecular weight is 462 g/mol. The third-order valence-electron chi connectivity index (χ3n) is 6.53. The number of phenols is 2. The van der Waals surface area contributed by atoms with E-state index in [1.165, 1.54) is 109 Å². The molecule has 0 atom stereocenters. The van der Waals surface area contributed by atoms with Crippen LogP contribution in [0.3, 0.4) is 0 Å². The van der Waals surface area contributed by atoms with Gasteiger partial charge in [-0.3, -0.25) is 4.79 Å². The number of unbranched alkanes of at least 4 members (excludes halogenated alkanes) is 17. The minimum absolute atomic E-state index is 0.106. The second kappa shape index (κ2) is 20.9. The predicted octanol–water partition coefficient (Wildman–Crippen LogP) is 8.19. The lowest BCUT2D eigenvalue weighted by Crippen LogP contribution is -2.25. The molecular formula is C29H51NO3. The Bertz CT molecular complexity index is 603. The molecule has 0 unspecified atom stereocenters. The zero-order valence-electron chi connectivity index (χ0n) is 21.4. The second-order valence-corrected chi connectivity index (χ2v) is 9.68. The van der Waals surface area contributed by atoms with E-state index in [2.05, 4.69) is 12.2 Å². The standard InChI is InChI=1S/C29H51NO3/c1-2-3-4-5-6-7-8-9-10-11-12-13-14-15-16-17-18-19-20-29(33)30-24-23-26-21-22-27(31)28(32)25-26/h21-22,25,31-32H,2-20,23-24H2,1H3,(H,30,33). The summed E-state index contributed by atoms with van der Waals surface area (Å²) in [6.07, 6.45) is 25.6. The van der Waals surface area contributed by atoms with Crippen LogP contribution in [0, 0.1) is 0 Å². The highest BCUT2D eigenvalue weighted by Gasteiger charge is 2.03. The first-order chi connectivity index (χ1) is 16.1. The summed E-state index contributed by atoms with van der Waals surface area (Å²) >= 11 is 0. The molecule has 4 heteroatoms. The van der Waals surface area contributed by atoms with Crippen LogP contribution in [0.15, 0.2) is 18.2 Å². The highest BCUT2D eigenvalue weighted by molar-refractivity contribution is 5.75. The van der Waals surface area contributed by atoms with Gasteiger partial charge in [0.15, 0.2) is 11.5 Å². The van der Waals surface area contributed by atoms with E-state index in [9.17, 15) is 15.0 Å². The van der Waals surface area contributed by atoms with Crippen LogP contribution in [-0.4, -0.2) is 22.7 Å². The van der Waals surface area contributed by atoms with Crippen molar-refractivity contribution in [2.24, 2.45) is 0 Å². The molecule has 0 spiro atoms. The van der Waals surface area contributed by atoms with Crippen LogP contribution in [0.5, 0.6) is 11.5 Å². The van der Waals surface area contributed by atoms with Gasteiger partial charge in [-0.2, -0.15) is 0 Å². The fourth-order valence-corrected chi connectivity index (χ4v) is 4.35. The van der Waals surface area contributed by atoms with Crippen LogP contribution in [0.2, 0.25) is 0 Å². The minimum Gasteiger partial charge on any atom is -0.504 e. The Labute approximate surface area is 203 Å². The number of benzene rings is 1. The molecule has 0 saturated carbocycles. The molecule has 190 valence electrons. The molecule has 1 aromatic carbocycles. The van der Waals surface area contributed by atoms with Crippen molar-refractivity contribution in [1.82, 2.24) is 5.32 Å². The van der Waals surface area contributed by atoms with Gasteiger partial charge in [0.25, 0.3) is 0 Å². The Morgan fingerprint density at radius 2 is 1.12 bits per heavy atom. The maximum atomic E-state index is 11.9. The van der Waals surface area contributed by atoms with Gasteiger partial charge in [0.1, 0.15) is 0 Å². The summed E-state index contributed by atoms with van der Waals surface area (Å²) in [5.74, 6) is -0.121. The summed E-state index contributed by atoms with van der Waals surface area (Å²) in [6, 6.07) is 4.78. The van der Waals surface area contributed by atoms with Gasteiger partial charge in [0, 0.05) is 13.0 Å². The Kier molecular flexibility index (Phi) is 18.5. The number of aromatic hydroxyl groups is 2. The first kappa shape index (κ1) is 29.3. The quantitative estimate of drug-likeness (QED) is 0.120. The summed E-state index contributed by atoms with van der Waals surface area (Å²) in [6.45, 7) is 2.84. The van der Waals surface area contributed by atoms with Gasteiger partial charge in [-0.05, 0) is 30.5 Å². The van der Waals surface area contributed by atoms with Crippen LogP contribution in [0.4, 0.5) is 0 Å². The summed E-state index contributed by atoms with van der Waals surface area (Å²) in [4.78, 5) is 11.9. The number of rotatable bonds is 22. The lowest BCUT2D eigenvalue weighted by atomic mass is 10.0. The molecule has 0 radical (unpaired) electrons. The number of carbonyl (C=O) groups excluding carboxylic acids is 1. The average Bonchev–Trinajstić information content (AvgIpc) is 2.80. The number of nitrogens with one attached hydrogen (secondary N) is 1. The highest BCUT2D eigenvalue weighted by Crippen LogP contribution is 2.24. The smallest absolute Gasteiger partial charge is 0.220 e. The Morgan fingerprint density at radius 1 is 0.667 bits per heavy atom. The number of amides is 1. The number of hydrogen-bond acceptors (Lipinski definition) is 3. The summed E-state index contributed by atoms with van der Waals surface area (Å²) < 4.78 is 0. The number of phenolic OH excluding ortho intramolecular Hbond substituents is 2. The summed E-state index contributed by atoms with van der Waals surface area (Å²) in [7, 11) is 0. The molecule has 1 aromatic rings. The van der Waals surface area contributed by atoms with Gasteiger partial charge < -0.3 is 15.5 Å². The molecular weight excluding hydrogens is 410 g/mol. The van der Waals surface area contributed by atoms with E-state index >= 15 is 0 Å². The van der Waals surface area contributed by atoms with Gasteiger partial charge in [-0.1, -0.05) is 122 Å². The van der Waals surface area contributed by atoms with E-state index < -0.39 is 0 Å². The normalized spacial score (nSPS) is 11.1. The van der Waals surface area contributed by atoms with Crippen molar-refractivity contribution >= 4 is 5.91 Å². The fraction of sp³-hybridized carbons (Fsp3) is 0.759. The molecule has 0 heterocycles. The second-order valence-electron chi connectivity index (χ2n) is 9.68. The molecule has 3 N–H and O–H groups in total. The van der Waals surface area contributed by atoms with Crippen molar-refractivity contribution in [2.75, 3.05) is 6.54 Å². The maximum absolute atomic E-state index is 11.9. The topological polar surface area (TPSA) is 69.6 Å². The maximum Gasteiger partial charge on any atom is 0.220 e. The van der Waals surface area contributed by atoms with E-state index in [0.29, 0.717) is 19.4 Å². The molecule has 0 aliphatic rings. The zero-order chi connectivity index (χ0) is 24.0. The molecule has 0 saturated heterocycles. The monoisotopic (exact) mass is 461 g/mol. The lowest BCUT2D eigenvalue weighted by Gasteiger charge is -2.07. The third kappa shape index (κ3) is 17.4. The van der Waals surface area contributed by atoms with Crippen LogP contribution in [0.1, 0.15) is 134 Å². The van der Waals surface area contributed by atoms with E-state index in [1.807, 2.05) is 0 Å². The van der Waals surface area contributed by atoms with Crippen LogP contribution in [0.25, 0.3) is 0 Å². The molecule has 0 aliphatic carbocycles. The molecule has 0 aromatic heterocycles. The Morgan fingerprint density at radius 3 is 1.58 bits per heavy atom. The van der Waals surface area contributed by atoms with Crippen molar-refractivity contribution in [3.63, 3.8) is 0 Å². The van der Waals surface area contributed by atoms with Crippen LogP contribution >= 0.6 is 0 Å². The van der Waals surface area contributed by atoms with Crippen molar-refractivity contribution in [3.8, 4) is 11.5 Å². The molecule has 4 nitrogen and oxygen atoms in total. The van der Waals surface area contributed by atoms with E-state index in [-0.39, 0.29) is 17.4 Å². The van der Waals surface area contributed by atoms with E-state index in [1.54, 1.807) is 12.1 Å². The summed E-state index contributed by atoms with van der Waals surface area (Å²) in [5, 5.41) is 21.7. The predicted molar refractivity (Wildman–Crippen MR) is 140 cm³/mol. The van der Waals surface area contributed by atoms with Crippen molar-refractivity contribution in [2.45, 2.75) is 135 Å². The summed E-state index contributed by atoms with van der Waals surface area (Å²) in [5.41, 5.74) is 0.902. The van der Waals surface area contributed by atoms with Gasteiger partial charge in [-0.15, -0.1) is 0 Å². The van der Waals surface area contributed by atoms with Gasteiger partial charge in [-0.25, -0.2) is 0 Å². The molecule has 0 fully saturated rings. The van der Waals surface area contributed by atoms with Gasteiger partial charge in [0.05, 0.1) is 0 Å². The van der Waals surface area contributed by atoms with Crippen LogP contribution < -0.4 is 5.32 Å². The molecule has 1 rings (SSSR count). The molecule has 0 bridgehead atoms. The molecule has 33 heavy (non-hydrogen) atoms. The minimum atomic E-state index is -0.114. The molecule has 0 aliphatic heterocycles. The van der Waals surface area contributed by atoms with E-state index in [4.69, 9.17) is 0 Å². The van der Waals surface area contributed by atoms with Gasteiger partial charge >= 0.3 is 0 Å². The number of hydrogen-bond donors (Lipinski definition) is 3. The SMILES string of the molecule is CCCCCCCCCCCCCCCCCCCCC(=O)NCCc1ccc(O)c(O)c1. The Balaban J connectivity index is 1.78. The van der Waals surface area contributed by atoms with Gasteiger partial charge in [0.2, 0.25) is 5.91 Å². The van der Waals surface area contributed by atoms with Crippen molar-refractivity contribution < 1.29 is 15.0 Å². The van der Waals surface area contributed by atoms with Crippen molar-refractivity contribution in [3.05, 3.63) is 23.8 Å². The number of carbonyl (C=O) groups is 1. The van der Waals surface area contributed by atoms with E-state index in [0.717, 1.165) is 18.4 Å². The largest absolute Gasteiger partial charge is 0.504 e. The molecule has 1 amide bonds.